The Hall–Kier alpha value is -10.3. The molecule has 0 aliphatic rings. The van der Waals surface area contributed by atoms with Crippen LogP contribution in [0.2, 0.25) is 0 Å². The molecule has 342 valence electrons. The lowest BCUT2D eigenvalue weighted by Gasteiger charge is -2.22. The second kappa shape index (κ2) is 18.6. The topological polar surface area (TPSA) is 99.9 Å². The van der Waals surface area contributed by atoms with Gasteiger partial charge in [-0.1, -0.05) is 150 Å². The average molecular weight is 935 g/mol. The molecule has 0 aliphatic heterocycles. The van der Waals surface area contributed by atoms with Crippen LogP contribution < -0.4 is 0 Å². The Kier molecular flexibility index (Phi) is 11.5. The molecular formula is C65H42N8. The molecule has 0 saturated heterocycles. The number of nitrogens with zero attached hydrogens (tertiary/aromatic N) is 8. The van der Waals surface area contributed by atoms with Crippen molar-refractivity contribution in [2.24, 2.45) is 0 Å². The Morgan fingerprint density at radius 3 is 1.21 bits per heavy atom. The molecule has 0 bridgehead atoms. The van der Waals surface area contributed by atoms with E-state index in [-0.39, 0.29) is 0 Å². The van der Waals surface area contributed by atoms with Gasteiger partial charge in [-0.15, -0.1) is 0 Å². The smallest absolute Gasteiger partial charge is 0.177 e. The fourth-order valence-electron chi connectivity index (χ4n) is 10.1. The van der Waals surface area contributed by atoms with Gasteiger partial charge in [0.15, 0.2) is 28.8 Å². The van der Waals surface area contributed by atoms with Crippen molar-refractivity contribution in [3.05, 3.63) is 238 Å². The van der Waals surface area contributed by atoms with Crippen molar-refractivity contribution in [3.8, 4) is 96.5 Å². The van der Waals surface area contributed by atoms with Gasteiger partial charge in [-0.05, 0) is 116 Å². The van der Waals surface area contributed by atoms with Crippen LogP contribution in [-0.4, -0.2) is 19.5 Å². The number of fused-ring (bicyclic) bond motifs is 3. The van der Waals surface area contributed by atoms with E-state index in [9.17, 15) is 10.5 Å². The van der Waals surface area contributed by atoms with Crippen LogP contribution in [0.15, 0.2) is 182 Å². The predicted octanol–water partition coefficient (Wildman–Crippen LogP) is 16.7. The SMILES string of the molecule is [C-]#[N+]c1cc([N+]#[C-])cc(-c2cc(-c3nc(-c4ccccc4)nc(-c4ccccc4)n3)cc(-c3cc(C#N)cc(C#N)c3)c2-n2c3ccc(-c4cc(C)cc(C)c4)cc3c3cc(-c4cc(C)cc(C)c4)ccc32)c1. The molecule has 0 aliphatic carbocycles. The Labute approximate surface area is 423 Å². The second-order valence-electron chi connectivity index (χ2n) is 18.5. The summed E-state index contributed by atoms with van der Waals surface area (Å²) in [5, 5.41) is 23.0. The van der Waals surface area contributed by atoms with Gasteiger partial charge in [-0.3, -0.25) is 0 Å². The minimum Gasteiger partial charge on any atom is -0.308 e. The molecule has 2 heterocycles. The standard InChI is InChI=1S/C65H42N8/c1-39-21-40(2)24-49(23-39)47-17-19-60-58(32-47)59-33-48(50-25-41(3)22-42(4)26-50)18-20-61(59)73(60)62-56(51-28-43(37-66)27-44(29-51)38-67)34-53(35-57(62)52-30-54(68-5)36-55(31-52)69-6)65-71-63(45-13-9-7-10-14-45)70-64(72-65)46-15-11-8-12-16-46/h7-36H,1-4H3. The van der Waals surface area contributed by atoms with Crippen molar-refractivity contribution in [2.75, 3.05) is 0 Å². The van der Waals surface area contributed by atoms with Crippen molar-refractivity contribution < 1.29 is 0 Å². The van der Waals surface area contributed by atoms with Crippen LogP contribution in [0.1, 0.15) is 33.4 Å². The molecule has 8 heteroatoms. The van der Waals surface area contributed by atoms with Gasteiger partial charge in [0.05, 0.1) is 53.1 Å². The summed E-state index contributed by atoms with van der Waals surface area (Å²) in [7, 11) is 0. The lowest BCUT2D eigenvalue weighted by atomic mass is 9.90. The van der Waals surface area contributed by atoms with Crippen molar-refractivity contribution in [2.45, 2.75) is 27.7 Å². The highest BCUT2D eigenvalue weighted by atomic mass is 15.0. The highest BCUT2D eigenvalue weighted by molar-refractivity contribution is 6.13. The third kappa shape index (κ3) is 8.64. The molecule has 2 aromatic heterocycles. The van der Waals surface area contributed by atoms with Gasteiger partial charge in [-0.25, -0.2) is 24.6 Å². The molecule has 11 aromatic rings. The van der Waals surface area contributed by atoms with E-state index in [1.54, 1.807) is 24.3 Å². The number of aryl methyl sites for hydroxylation is 4. The molecule has 11 rings (SSSR count). The number of hydrogen-bond donors (Lipinski definition) is 0. The Morgan fingerprint density at radius 1 is 0.384 bits per heavy atom. The Balaban J connectivity index is 1.31. The van der Waals surface area contributed by atoms with E-state index in [0.29, 0.717) is 73.5 Å². The van der Waals surface area contributed by atoms with Crippen LogP contribution in [0.4, 0.5) is 11.4 Å². The first-order chi connectivity index (χ1) is 35.6. The van der Waals surface area contributed by atoms with Gasteiger partial charge < -0.3 is 4.57 Å². The van der Waals surface area contributed by atoms with Crippen molar-refractivity contribution >= 4 is 33.2 Å². The molecule has 0 N–H and O–H groups in total. The van der Waals surface area contributed by atoms with Crippen LogP contribution in [-0.2, 0) is 0 Å². The predicted molar refractivity (Wildman–Crippen MR) is 293 cm³/mol. The van der Waals surface area contributed by atoms with E-state index in [0.717, 1.165) is 55.2 Å². The van der Waals surface area contributed by atoms with Gasteiger partial charge in [0.1, 0.15) is 0 Å². The molecule has 0 amide bonds. The van der Waals surface area contributed by atoms with Gasteiger partial charge >= 0.3 is 0 Å². The zero-order chi connectivity index (χ0) is 50.3. The van der Waals surface area contributed by atoms with Crippen LogP contribution in [0.25, 0.3) is 116 Å². The van der Waals surface area contributed by atoms with Crippen molar-refractivity contribution in [1.82, 2.24) is 19.5 Å². The normalized spacial score (nSPS) is 11.0. The number of hydrogen-bond acceptors (Lipinski definition) is 5. The third-order valence-corrected chi connectivity index (χ3v) is 13.1. The summed E-state index contributed by atoms with van der Waals surface area (Å²) < 4.78 is 2.25. The molecule has 9 aromatic carbocycles. The van der Waals surface area contributed by atoms with Crippen LogP contribution in [0, 0.1) is 63.5 Å². The third-order valence-electron chi connectivity index (χ3n) is 13.1. The molecule has 0 unspecified atom stereocenters. The largest absolute Gasteiger partial charge is 0.308 e. The van der Waals surface area contributed by atoms with E-state index in [4.69, 9.17) is 28.1 Å². The second-order valence-corrected chi connectivity index (χ2v) is 18.5. The van der Waals surface area contributed by atoms with Gasteiger partial charge in [0, 0.05) is 38.6 Å². The zero-order valence-electron chi connectivity index (χ0n) is 40.4. The van der Waals surface area contributed by atoms with E-state index in [2.05, 4.69) is 127 Å². The Morgan fingerprint density at radius 2 is 0.795 bits per heavy atom. The number of rotatable bonds is 8. The van der Waals surface area contributed by atoms with Crippen molar-refractivity contribution in [3.63, 3.8) is 0 Å². The fourth-order valence-corrected chi connectivity index (χ4v) is 10.1. The maximum atomic E-state index is 10.5. The van der Waals surface area contributed by atoms with E-state index in [1.165, 1.54) is 22.3 Å². The highest BCUT2D eigenvalue weighted by Gasteiger charge is 2.25. The summed E-state index contributed by atoms with van der Waals surface area (Å²) in [6.07, 6.45) is 0. The van der Waals surface area contributed by atoms with Gasteiger partial charge in [-0.2, -0.15) is 10.5 Å². The molecule has 0 saturated carbocycles. The van der Waals surface area contributed by atoms with Crippen LogP contribution >= 0.6 is 0 Å². The molecule has 8 nitrogen and oxygen atoms in total. The summed E-state index contributed by atoms with van der Waals surface area (Å²) in [6, 6.07) is 65.0. The first-order valence-electron chi connectivity index (χ1n) is 23.7. The molecule has 0 radical (unpaired) electrons. The van der Waals surface area contributed by atoms with E-state index >= 15 is 0 Å². The van der Waals surface area contributed by atoms with Gasteiger partial charge in [0.25, 0.3) is 0 Å². The van der Waals surface area contributed by atoms with Crippen LogP contribution in [0.5, 0.6) is 0 Å². The Bertz CT molecular complexity index is 3870. The quantitative estimate of drug-likeness (QED) is 0.141. The van der Waals surface area contributed by atoms with Gasteiger partial charge in [0.2, 0.25) is 0 Å². The highest BCUT2D eigenvalue weighted by Crippen LogP contribution is 2.47. The zero-order valence-corrected chi connectivity index (χ0v) is 40.4. The number of benzene rings is 9. The number of nitriles is 2. The molecule has 0 spiro atoms. The summed E-state index contributed by atoms with van der Waals surface area (Å²) in [5.41, 5.74) is 17.5. The minimum absolute atomic E-state index is 0.302. The molecule has 0 fully saturated rings. The molecular weight excluding hydrogens is 893 g/mol. The summed E-state index contributed by atoms with van der Waals surface area (Å²) in [4.78, 5) is 23.0. The summed E-state index contributed by atoms with van der Waals surface area (Å²) >= 11 is 0. The minimum atomic E-state index is 0.302. The summed E-state index contributed by atoms with van der Waals surface area (Å²) in [5.74, 6) is 1.33. The van der Waals surface area contributed by atoms with Crippen LogP contribution in [0.3, 0.4) is 0 Å². The van der Waals surface area contributed by atoms with E-state index in [1.807, 2.05) is 84.9 Å². The maximum absolute atomic E-state index is 10.5. The average Bonchev–Trinajstić information content (AvgIpc) is 3.75. The first-order valence-corrected chi connectivity index (χ1v) is 23.7. The van der Waals surface area contributed by atoms with Crippen molar-refractivity contribution in [1.29, 1.82) is 10.5 Å². The van der Waals surface area contributed by atoms with E-state index < -0.39 is 0 Å². The first kappa shape index (κ1) is 45.2. The lowest BCUT2D eigenvalue weighted by Crippen LogP contribution is -2.04. The molecule has 0 atom stereocenters. The fraction of sp³-hybridized carbons (Fsp3) is 0.0615. The monoisotopic (exact) mass is 934 g/mol. The lowest BCUT2D eigenvalue weighted by molar-refractivity contribution is 1.07. The number of aromatic nitrogens is 4. The molecule has 73 heavy (non-hydrogen) atoms. The maximum Gasteiger partial charge on any atom is 0.177 e. The summed E-state index contributed by atoms with van der Waals surface area (Å²) in [6.45, 7) is 24.9.